The van der Waals surface area contributed by atoms with Gasteiger partial charge in [0.25, 0.3) is 5.91 Å². The van der Waals surface area contributed by atoms with E-state index in [2.05, 4.69) is 15.2 Å². The van der Waals surface area contributed by atoms with Crippen LogP contribution in [0.4, 0.5) is 11.4 Å². The Morgan fingerprint density at radius 2 is 1.83 bits per heavy atom. The number of carbonyl (C=O) groups excluding carboxylic acids is 1. The summed E-state index contributed by atoms with van der Waals surface area (Å²) in [5.74, 6) is 1.20. The van der Waals surface area contributed by atoms with Gasteiger partial charge in [-0.2, -0.15) is 4.31 Å². The number of aromatic nitrogens is 2. The number of hydrogen-bond donors (Lipinski definition) is 2. The Bertz CT molecular complexity index is 1340. The number of nitrogens with zero attached hydrogens (tertiary/aromatic N) is 3. The number of rotatable bonds is 8. The molecule has 8 nitrogen and oxygen atoms in total. The van der Waals surface area contributed by atoms with Crippen molar-refractivity contribution in [3.05, 3.63) is 47.8 Å². The van der Waals surface area contributed by atoms with E-state index in [-0.39, 0.29) is 10.8 Å². The normalized spacial score (nSPS) is 16.7. The quantitative estimate of drug-likeness (QED) is 0.471. The number of hydrogen-bond acceptors (Lipinski definition) is 5. The van der Waals surface area contributed by atoms with E-state index in [1.54, 1.807) is 12.1 Å². The maximum atomic E-state index is 13.5. The Morgan fingerprint density at radius 3 is 2.49 bits per heavy atom. The molecule has 2 heterocycles. The predicted molar refractivity (Wildman–Crippen MR) is 139 cm³/mol. The highest BCUT2D eigenvalue weighted by Crippen LogP contribution is 2.36. The van der Waals surface area contributed by atoms with Gasteiger partial charge in [-0.05, 0) is 62.1 Å². The van der Waals surface area contributed by atoms with E-state index >= 15 is 0 Å². The lowest BCUT2D eigenvalue weighted by atomic mass is 9.85. The number of amides is 1. The van der Waals surface area contributed by atoms with Gasteiger partial charge in [-0.15, -0.1) is 0 Å². The van der Waals surface area contributed by atoms with Crippen molar-refractivity contribution in [1.29, 1.82) is 0 Å². The van der Waals surface area contributed by atoms with Gasteiger partial charge in [0.2, 0.25) is 10.0 Å². The van der Waals surface area contributed by atoms with Gasteiger partial charge in [-0.1, -0.05) is 20.3 Å². The summed E-state index contributed by atoms with van der Waals surface area (Å²) in [6, 6.07) is 10.6. The molecule has 0 radical (unpaired) electrons. The first kappa shape index (κ1) is 23.8. The molecule has 0 bridgehead atoms. The number of fused-ring (bicyclic) bond motifs is 1. The highest BCUT2D eigenvalue weighted by atomic mass is 32.2. The van der Waals surface area contributed by atoms with Crippen LogP contribution in [0.2, 0.25) is 0 Å². The highest BCUT2D eigenvalue weighted by molar-refractivity contribution is 7.89. The van der Waals surface area contributed by atoms with Crippen molar-refractivity contribution in [1.82, 2.24) is 14.3 Å². The summed E-state index contributed by atoms with van der Waals surface area (Å²) in [5.41, 5.74) is 3.57. The lowest BCUT2D eigenvalue weighted by Crippen LogP contribution is -2.31. The van der Waals surface area contributed by atoms with Crippen molar-refractivity contribution >= 4 is 38.3 Å². The van der Waals surface area contributed by atoms with E-state index in [4.69, 9.17) is 4.98 Å². The zero-order valence-electron chi connectivity index (χ0n) is 20.4. The molecule has 1 amide bonds. The third-order valence-corrected chi connectivity index (χ3v) is 9.30. The first-order valence-electron chi connectivity index (χ1n) is 12.6. The average Bonchev–Trinajstić information content (AvgIpc) is 3.48. The van der Waals surface area contributed by atoms with E-state index < -0.39 is 10.0 Å². The summed E-state index contributed by atoms with van der Waals surface area (Å²) in [6.07, 6.45) is 5.68. The van der Waals surface area contributed by atoms with Crippen molar-refractivity contribution in [2.24, 2.45) is 0 Å². The summed E-state index contributed by atoms with van der Waals surface area (Å²) >= 11 is 0. The van der Waals surface area contributed by atoms with Crippen molar-refractivity contribution in [2.75, 3.05) is 36.4 Å². The van der Waals surface area contributed by atoms with Crippen LogP contribution in [0.15, 0.2) is 41.3 Å². The molecule has 35 heavy (non-hydrogen) atoms. The van der Waals surface area contributed by atoms with Gasteiger partial charge in [0, 0.05) is 43.5 Å². The Kier molecular flexibility index (Phi) is 6.55. The standard InChI is InChI=1S/C26H33N5O3S/c1-3-31(4-2)35(33,34)20-11-13-24(30-14-5-6-15-30)21(17-20)26(32)27-19-10-12-22-23(16-19)29-25(28-22)18-8-7-9-18/h10-13,16-18H,3-9,14-15H2,1-2H3,(H,27,32)(H,28,29). The molecule has 2 N–H and O–H groups in total. The number of carbonyl (C=O) groups is 1. The van der Waals surface area contributed by atoms with Crippen LogP contribution >= 0.6 is 0 Å². The van der Waals surface area contributed by atoms with Crippen LogP contribution in [0.1, 0.15) is 68.1 Å². The Labute approximate surface area is 206 Å². The minimum atomic E-state index is -3.68. The maximum Gasteiger partial charge on any atom is 0.257 e. The fraction of sp³-hybridized carbons (Fsp3) is 0.462. The van der Waals surface area contributed by atoms with Gasteiger partial charge in [0.05, 0.1) is 21.5 Å². The molecule has 2 aliphatic rings. The third-order valence-electron chi connectivity index (χ3n) is 7.25. The third kappa shape index (κ3) is 4.54. The second-order valence-electron chi connectivity index (χ2n) is 9.40. The van der Waals surface area contributed by atoms with Gasteiger partial charge in [0.15, 0.2) is 0 Å². The van der Waals surface area contributed by atoms with E-state index in [0.717, 1.165) is 61.3 Å². The van der Waals surface area contributed by atoms with Gasteiger partial charge >= 0.3 is 0 Å². The first-order chi connectivity index (χ1) is 16.9. The SMILES string of the molecule is CCN(CC)S(=O)(=O)c1ccc(N2CCCC2)c(C(=O)Nc2ccc3nc(C4CCC4)[nH]c3c2)c1. The van der Waals surface area contributed by atoms with Gasteiger partial charge < -0.3 is 15.2 Å². The van der Waals surface area contributed by atoms with Crippen molar-refractivity contribution in [2.45, 2.75) is 56.8 Å². The molecule has 2 aromatic carbocycles. The number of nitrogens with one attached hydrogen (secondary N) is 2. The molecular formula is C26H33N5O3S. The number of aromatic amines is 1. The van der Waals surface area contributed by atoms with Gasteiger partial charge in [0.1, 0.15) is 5.82 Å². The largest absolute Gasteiger partial charge is 0.371 e. The van der Waals surface area contributed by atoms with E-state index in [0.29, 0.717) is 30.3 Å². The van der Waals surface area contributed by atoms with Crippen molar-refractivity contribution < 1.29 is 13.2 Å². The monoisotopic (exact) mass is 495 g/mol. The van der Waals surface area contributed by atoms with Crippen LogP contribution in [0, 0.1) is 0 Å². The summed E-state index contributed by atoms with van der Waals surface area (Å²) in [7, 11) is -3.68. The smallest absolute Gasteiger partial charge is 0.257 e. The summed E-state index contributed by atoms with van der Waals surface area (Å²) in [6.45, 7) is 6.09. The molecular weight excluding hydrogens is 462 g/mol. The van der Waals surface area contributed by atoms with Gasteiger partial charge in [-0.25, -0.2) is 13.4 Å². The molecule has 1 saturated heterocycles. The highest BCUT2D eigenvalue weighted by Gasteiger charge is 2.27. The van der Waals surface area contributed by atoms with Crippen LogP contribution in [-0.4, -0.2) is 54.8 Å². The molecule has 186 valence electrons. The van der Waals surface area contributed by atoms with Crippen molar-refractivity contribution in [3.8, 4) is 0 Å². The molecule has 3 aromatic rings. The molecule has 5 rings (SSSR count). The summed E-state index contributed by atoms with van der Waals surface area (Å²) in [5, 5.41) is 2.99. The van der Waals surface area contributed by atoms with Crippen LogP contribution in [-0.2, 0) is 10.0 Å². The van der Waals surface area contributed by atoms with E-state index in [9.17, 15) is 13.2 Å². The number of anilines is 2. The molecule has 0 spiro atoms. The average molecular weight is 496 g/mol. The molecule has 1 aliphatic carbocycles. The zero-order valence-corrected chi connectivity index (χ0v) is 21.2. The topological polar surface area (TPSA) is 98.4 Å². The molecule has 9 heteroatoms. The van der Waals surface area contributed by atoms with Crippen molar-refractivity contribution in [3.63, 3.8) is 0 Å². The maximum absolute atomic E-state index is 13.5. The van der Waals surface area contributed by atoms with E-state index in [1.165, 1.54) is 16.8 Å². The predicted octanol–water partition coefficient (Wildman–Crippen LogP) is 4.71. The number of imidazole rings is 1. The molecule has 1 aliphatic heterocycles. The minimum absolute atomic E-state index is 0.142. The Balaban J connectivity index is 1.47. The van der Waals surface area contributed by atoms with Crippen LogP contribution in [0.3, 0.4) is 0 Å². The second-order valence-corrected chi connectivity index (χ2v) is 11.3. The number of sulfonamides is 1. The molecule has 1 aromatic heterocycles. The second kappa shape index (κ2) is 9.62. The van der Waals surface area contributed by atoms with Crippen LogP contribution < -0.4 is 10.2 Å². The summed E-state index contributed by atoms with van der Waals surface area (Å²) < 4.78 is 27.7. The Hall–Kier alpha value is -2.91. The Morgan fingerprint density at radius 1 is 1.09 bits per heavy atom. The first-order valence-corrected chi connectivity index (χ1v) is 14.0. The molecule has 0 atom stereocenters. The van der Waals surface area contributed by atoms with Gasteiger partial charge in [-0.3, -0.25) is 4.79 Å². The molecule has 0 unspecified atom stereocenters. The lowest BCUT2D eigenvalue weighted by molar-refractivity contribution is 0.102. The zero-order chi connectivity index (χ0) is 24.6. The fourth-order valence-corrected chi connectivity index (χ4v) is 6.47. The number of H-pyrrole nitrogens is 1. The van der Waals surface area contributed by atoms with Crippen LogP contribution in [0.25, 0.3) is 11.0 Å². The minimum Gasteiger partial charge on any atom is -0.371 e. The summed E-state index contributed by atoms with van der Waals surface area (Å²) in [4.78, 5) is 23.9. The lowest BCUT2D eigenvalue weighted by Gasteiger charge is -2.23. The van der Waals surface area contributed by atoms with E-state index in [1.807, 2.05) is 32.0 Å². The molecule has 1 saturated carbocycles. The van der Waals surface area contributed by atoms with Crippen LogP contribution in [0.5, 0.6) is 0 Å². The molecule has 2 fully saturated rings. The fourth-order valence-electron chi connectivity index (χ4n) is 4.98. The number of benzene rings is 2.